The van der Waals surface area contributed by atoms with Crippen LogP contribution in [0.4, 0.5) is 5.82 Å². The van der Waals surface area contributed by atoms with Gasteiger partial charge >= 0.3 is 0 Å². The van der Waals surface area contributed by atoms with E-state index in [0.29, 0.717) is 46.2 Å². The molecule has 4 rings (SSSR count). The summed E-state index contributed by atoms with van der Waals surface area (Å²) in [6.45, 7) is 2.72. The lowest BCUT2D eigenvalue weighted by atomic mass is 10.2. The van der Waals surface area contributed by atoms with Crippen molar-refractivity contribution in [3.05, 3.63) is 60.7 Å². The Kier molecular flexibility index (Phi) is 5.85. The van der Waals surface area contributed by atoms with E-state index in [1.165, 1.54) is 0 Å². The highest BCUT2D eigenvalue weighted by Crippen LogP contribution is 2.28. The SMILES string of the molecule is CCCN(CCO)C(=O)c1cccc(-c2cnc3c(-c4ccccn4)c(N)nn3c2)n1. The van der Waals surface area contributed by atoms with Crippen molar-refractivity contribution in [1.29, 1.82) is 0 Å². The number of nitrogens with zero attached hydrogens (tertiary/aromatic N) is 6. The van der Waals surface area contributed by atoms with Gasteiger partial charge in [0.05, 0.1) is 23.6 Å². The Morgan fingerprint density at radius 2 is 1.97 bits per heavy atom. The Balaban J connectivity index is 1.70. The van der Waals surface area contributed by atoms with Crippen molar-refractivity contribution >= 4 is 17.4 Å². The van der Waals surface area contributed by atoms with Gasteiger partial charge in [-0.25, -0.2) is 14.5 Å². The number of pyridine rings is 2. The lowest BCUT2D eigenvalue weighted by Gasteiger charge is -2.20. The third kappa shape index (κ3) is 4.08. The maximum absolute atomic E-state index is 12.8. The van der Waals surface area contributed by atoms with Crippen molar-refractivity contribution in [2.24, 2.45) is 0 Å². The Labute approximate surface area is 179 Å². The first kappa shape index (κ1) is 20.4. The van der Waals surface area contributed by atoms with Crippen LogP contribution in [-0.2, 0) is 0 Å². The van der Waals surface area contributed by atoms with E-state index in [0.717, 1.165) is 6.42 Å². The monoisotopic (exact) mass is 417 g/mol. The third-order valence-corrected chi connectivity index (χ3v) is 4.84. The average molecular weight is 417 g/mol. The molecule has 0 saturated heterocycles. The molecule has 0 radical (unpaired) electrons. The largest absolute Gasteiger partial charge is 0.395 e. The molecule has 9 nitrogen and oxygen atoms in total. The van der Waals surface area contributed by atoms with Gasteiger partial charge in [-0.15, -0.1) is 5.10 Å². The number of carbonyl (C=O) groups excluding carboxylic acids is 1. The number of aliphatic hydroxyl groups is 1. The number of nitrogens with two attached hydrogens (primary N) is 1. The summed E-state index contributed by atoms with van der Waals surface area (Å²) in [5.41, 5.74) is 9.68. The van der Waals surface area contributed by atoms with Crippen LogP contribution < -0.4 is 5.73 Å². The average Bonchev–Trinajstić information content (AvgIpc) is 3.14. The molecule has 9 heteroatoms. The maximum atomic E-state index is 12.8. The highest BCUT2D eigenvalue weighted by Gasteiger charge is 2.18. The Morgan fingerprint density at radius 1 is 1.13 bits per heavy atom. The topological polar surface area (TPSA) is 123 Å². The van der Waals surface area contributed by atoms with Gasteiger partial charge in [0.15, 0.2) is 11.5 Å². The van der Waals surface area contributed by atoms with E-state index >= 15 is 0 Å². The van der Waals surface area contributed by atoms with Crippen molar-refractivity contribution in [2.75, 3.05) is 25.4 Å². The van der Waals surface area contributed by atoms with Crippen LogP contribution in [-0.4, -0.2) is 60.2 Å². The number of nitrogen functional groups attached to an aromatic ring is 1. The number of hydrogen-bond donors (Lipinski definition) is 2. The van der Waals surface area contributed by atoms with E-state index in [2.05, 4.69) is 20.1 Å². The van der Waals surface area contributed by atoms with Gasteiger partial charge in [-0.1, -0.05) is 19.1 Å². The van der Waals surface area contributed by atoms with Gasteiger partial charge in [0.2, 0.25) is 0 Å². The van der Waals surface area contributed by atoms with Gasteiger partial charge in [0.25, 0.3) is 5.91 Å². The molecule has 4 aromatic rings. The summed E-state index contributed by atoms with van der Waals surface area (Å²) in [5, 5.41) is 13.6. The Morgan fingerprint density at radius 3 is 2.71 bits per heavy atom. The number of carbonyl (C=O) groups is 1. The van der Waals surface area contributed by atoms with Crippen molar-refractivity contribution in [3.8, 4) is 22.5 Å². The van der Waals surface area contributed by atoms with Crippen LogP contribution in [0.2, 0.25) is 0 Å². The molecule has 0 bridgehead atoms. The zero-order valence-electron chi connectivity index (χ0n) is 17.1. The highest BCUT2D eigenvalue weighted by molar-refractivity contribution is 5.93. The van der Waals surface area contributed by atoms with Crippen molar-refractivity contribution in [1.82, 2.24) is 29.5 Å². The van der Waals surface area contributed by atoms with E-state index in [1.807, 2.05) is 31.2 Å². The fourth-order valence-electron chi connectivity index (χ4n) is 3.42. The number of aromatic nitrogens is 5. The molecule has 158 valence electrons. The quantitative estimate of drug-likeness (QED) is 0.473. The number of hydrogen-bond acceptors (Lipinski definition) is 7. The van der Waals surface area contributed by atoms with E-state index < -0.39 is 0 Å². The second kappa shape index (κ2) is 8.88. The predicted octanol–water partition coefficient (Wildman–Crippen LogP) is 2.28. The molecule has 31 heavy (non-hydrogen) atoms. The van der Waals surface area contributed by atoms with Crippen LogP contribution in [0.25, 0.3) is 28.2 Å². The first-order valence-corrected chi connectivity index (χ1v) is 10.0. The van der Waals surface area contributed by atoms with Gasteiger partial charge in [-0.3, -0.25) is 9.78 Å². The third-order valence-electron chi connectivity index (χ3n) is 4.84. The summed E-state index contributed by atoms with van der Waals surface area (Å²) in [6.07, 6.45) is 5.94. The molecule has 0 atom stereocenters. The lowest BCUT2D eigenvalue weighted by Crippen LogP contribution is -2.34. The standard InChI is InChI=1S/C22H23N7O2/c1-2-10-28(11-12-30)22(31)18-8-5-7-16(26-18)15-13-25-21-19(17-6-3-4-9-24-17)20(23)27-29(21)14-15/h3-9,13-14,30H,2,10-12H2,1H3,(H2,23,27). The first-order valence-electron chi connectivity index (χ1n) is 10.0. The van der Waals surface area contributed by atoms with E-state index in [-0.39, 0.29) is 19.1 Å². The minimum absolute atomic E-state index is 0.0919. The number of rotatable bonds is 7. The summed E-state index contributed by atoms with van der Waals surface area (Å²) in [6, 6.07) is 10.8. The molecule has 4 aromatic heterocycles. The summed E-state index contributed by atoms with van der Waals surface area (Å²) in [7, 11) is 0. The number of anilines is 1. The molecule has 0 fully saturated rings. The molecule has 0 saturated carbocycles. The first-order chi connectivity index (χ1) is 15.1. The Bertz CT molecular complexity index is 1200. The molecule has 0 aliphatic rings. The number of fused-ring (bicyclic) bond motifs is 1. The summed E-state index contributed by atoms with van der Waals surface area (Å²) in [4.78, 5) is 27.8. The fraction of sp³-hybridized carbons (Fsp3) is 0.227. The second-order valence-electron chi connectivity index (χ2n) is 7.01. The fourth-order valence-corrected chi connectivity index (χ4v) is 3.42. The summed E-state index contributed by atoms with van der Waals surface area (Å²) in [5.74, 6) is 0.118. The maximum Gasteiger partial charge on any atom is 0.272 e. The molecule has 1 amide bonds. The smallest absolute Gasteiger partial charge is 0.272 e. The molecule has 0 aromatic carbocycles. The van der Waals surface area contributed by atoms with Gasteiger partial charge < -0.3 is 15.7 Å². The van der Waals surface area contributed by atoms with Crippen molar-refractivity contribution in [2.45, 2.75) is 13.3 Å². The second-order valence-corrected chi connectivity index (χ2v) is 7.01. The summed E-state index contributed by atoms with van der Waals surface area (Å²) < 4.78 is 1.60. The van der Waals surface area contributed by atoms with Crippen LogP contribution in [0, 0.1) is 0 Å². The lowest BCUT2D eigenvalue weighted by molar-refractivity contribution is 0.0716. The van der Waals surface area contributed by atoms with Crippen LogP contribution in [0.1, 0.15) is 23.8 Å². The zero-order valence-corrected chi connectivity index (χ0v) is 17.1. The minimum Gasteiger partial charge on any atom is -0.395 e. The summed E-state index contributed by atoms with van der Waals surface area (Å²) >= 11 is 0. The van der Waals surface area contributed by atoms with Gasteiger partial charge in [-0.05, 0) is 30.7 Å². The molecule has 0 unspecified atom stereocenters. The molecular weight excluding hydrogens is 394 g/mol. The predicted molar refractivity (Wildman–Crippen MR) is 117 cm³/mol. The Hall–Kier alpha value is -3.85. The van der Waals surface area contributed by atoms with Crippen LogP contribution in [0.15, 0.2) is 55.0 Å². The van der Waals surface area contributed by atoms with E-state index in [9.17, 15) is 9.90 Å². The van der Waals surface area contributed by atoms with Crippen molar-refractivity contribution < 1.29 is 9.90 Å². The molecule has 0 aliphatic carbocycles. The molecular formula is C22H23N7O2. The molecule has 4 heterocycles. The number of aliphatic hydroxyl groups excluding tert-OH is 1. The molecule has 0 aliphatic heterocycles. The van der Waals surface area contributed by atoms with Gasteiger partial charge in [0.1, 0.15) is 5.69 Å². The number of amides is 1. The van der Waals surface area contributed by atoms with Crippen molar-refractivity contribution in [3.63, 3.8) is 0 Å². The van der Waals surface area contributed by atoms with E-state index in [1.54, 1.807) is 40.1 Å². The highest BCUT2D eigenvalue weighted by atomic mass is 16.3. The minimum atomic E-state index is -0.215. The van der Waals surface area contributed by atoms with E-state index in [4.69, 9.17) is 5.73 Å². The van der Waals surface area contributed by atoms with Crippen LogP contribution >= 0.6 is 0 Å². The van der Waals surface area contributed by atoms with Gasteiger partial charge in [0, 0.05) is 37.2 Å². The molecule has 0 spiro atoms. The van der Waals surface area contributed by atoms with Crippen LogP contribution in [0.5, 0.6) is 0 Å². The zero-order chi connectivity index (χ0) is 21.8. The van der Waals surface area contributed by atoms with Gasteiger partial charge in [-0.2, -0.15) is 0 Å². The normalized spacial score (nSPS) is 11.0. The molecule has 3 N–H and O–H groups in total. The van der Waals surface area contributed by atoms with Crippen LogP contribution in [0.3, 0.4) is 0 Å².